The topological polar surface area (TPSA) is 84.7 Å². The van der Waals surface area contributed by atoms with Crippen LogP contribution in [0.15, 0.2) is 47.5 Å². The van der Waals surface area contributed by atoms with Crippen LogP contribution in [0.4, 0.5) is 10.1 Å². The maximum atomic E-state index is 15.4. The molecule has 5 rings (SSSR count). The second-order valence-electron chi connectivity index (χ2n) is 8.79. The molecule has 0 amide bonds. The minimum Gasteiger partial charge on any atom is -0.477 e. The first kappa shape index (κ1) is 21.6. The monoisotopic (exact) mass is 451 g/mol. The molecule has 1 aromatic carbocycles. The van der Waals surface area contributed by atoms with Gasteiger partial charge in [-0.15, -0.1) is 0 Å². The molecule has 172 valence electrons. The molecule has 1 N–H and O–H groups in total. The number of aromatic carboxylic acids is 1. The van der Waals surface area contributed by atoms with Gasteiger partial charge in [0.2, 0.25) is 5.43 Å². The number of hydrogen-bond acceptors (Lipinski definition) is 5. The first-order chi connectivity index (χ1) is 16.0. The number of nitrogens with zero attached hydrogens (tertiary/aromatic N) is 3. The first-order valence-electron chi connectivity index (χ1n) is 11.4. The number of aromatic nitrogens is 2. The van der Waals surface area contributed by atoms with E-state index >= 15 is 4.39 Å². The SMILES string of the molecule is O=C(O)c1cn(C2CC2)c2cc(N(CCc3ccccn3)CC3CCCO3)c(F)cc2c1=O. The third kappa shape index (κ3) is 4.48. The summed E-state index contributed by atoms with van der Waals surface area (Å²) in [5.41, 5.74) is 0.897. The number of ether oxygens (including phenoxy) is 1. The van der Waals surface area contributed by atoms with Gasteiger partial charge >= 0.3 is 5.97 Å². The van der Waals surface area contributed by atoms with Crippen molar-refractivity contribution in [2.75, 3.05) is 24.6 Å². The van der Waals surface area contributed by atoms with Crippen LogP contribution in [-0.4, -0.2) is 46.4 Å². The number of pyridine rings is 2. The molecule has 33 heavy (non-hydrogen) atoms. The van der Waals surface area contributed by atoms with Crippen LogP contribution in [0.5, 0.6) is 0 Å². The van der Waals surface area contributed by atoms with Crippen molar-refractivity contribution in [2.24, 2.45) is 0 Å². The lowest BCUT2D eigenvalue weighted by Gasteiger charge is -2.28. The number of fused-ring (bicyclic) bond motifs is 1. The standard InChI is InChI=1S/C25H26FN3O4/c26-21-12-19-22(29(17-6-7-17)15-20(24(19)30)25(31)32)13-23(21)28(14-18-5-3-11-33-18)10-8-16-4-1-2-9-27-16/h1-2,4,9,12-13,15,17-18H,3,5-8,10-11,14H2,(H,31,32). The maximum absolute atomic E-state index is 15.4. The predicted molar refractivity (Wildman–Crippen MR) is 123 cm³/mol. The molecular weight excluding hydrogens is 425 g/mol. The van der Waals surface area contributed by atoms with Crippen LogP contribution in [0.1, 0.15) is 47.8 Å². The molecule has 1 unspecified atom stereocenters. The smallest absolute Gasteiger partial charge is 0.341 e. The summed E-state index contributed by atoms with van der Waals surface area (Å²) < 4.78 is 23.1. The Morgan fingerprint density at radius 1 is 1.27 bits per heavy atom. The summed E-state index contributed by atoms with van der Waals surface area (Å²) in [5, 5.41) is 9.57. The molecule has 0 bridgehead atoms. The molecule has 1 aliphatic carbocycles. The van der Waals surface area contributed by atoms with Crippen molar-refractivity contribution in [3.8, 4) is 0 Å². The van der Waals surface area contributed by atoms with Crippen LogP contribution in [0.25, 0.3) is 10.9 Å². The molecular formula is C25H26FN3O4. The van der Waals surface area contributed by atoms with Gasteiger partial charge in [-0.1, -0.05) is 6.07 Å². The van der Waals surface area contributed by atoms with Crippen molar-refractivity contribution < 1.29 is 19.0 Å². The van der Waals surface area contributed by atoms with E-state index in [1.165, 1.54) is 12.3 Å². The number of anilines is 1. The number of benzene rings is 1. The van der Waals surface area contributed by atoms with Gasteiger partial charge in [0, 0.05) is 55.6 Å². The van der Waals surface area contributed by atoms with Gasteiger partial charge in [-0.2, -0.15) is 0 Å². The van der Waals surface area contributed by atoms with Crippen molar-refractivity contribution in [1.82, 2.24) is 9.55 Å². The maximum Gasteiger partial charge on any atom is 0.341 e. The van der Waals surface area contributed by atoms with Crippen molar-refractivity contribution in [1.29, 1.82) is 0 Å². The summed E-state index contributed by atoms with van der Waals surface area (Å²) in [7, 11) is 0. The summed E-state index contributed by atoms with van der Waals surface area (Å²) >= 11 is 0. The Kier molecular flexibility index (Phi) is 5.85. The number of carboxylic acids is 1. The fourth-order valence-electron chi connectivity index (χ4n) is 4.55. The van der Waals surface area contributed by atoms with E-state index in [1.807, 2.05) is 27.7 Å². The van der Waals surface area contributed by atoms with Gasteiger partial charge in [0.25, 0.3) is 0 Å². The van der Waals surface area contributed by atoms with Crippen LogP contribution in [0.2, 0.25) is 0 Å². The molecule has 2 fully saturated rings. The zero-order valence-corrected chi connectivity index (χ0v) is 18.2. The molecule has 1 aliphatic heterocycles. The fraction of sp³-hybridized carbons (Fsp3) is 0.400. The predicted octanol–water partition coefficient (Wildman–Crippen LogP) is 3.80. The molecule has 0 spiro atoms. The number of halogens is 1. The summed E-state index contributed by atoms with van der Waals surface area (Å²) in [6.45, 7) is 1.79. The highest BCUT2D eigenvalue weighted by Gasteiger charge is 2.28. The summed E-state index contributed by atoms with van der Waals surface area (Å²) in [5.74, 6) is -1.83. The van der Waals surface area contributed by atoms with Crippen LogP contribution >= 0.6 is 0 Å². The van der Waals surface area contributed by atoms with Crippen molar-refractivity contribution in [3.05, 3.63) is 70.0 Å². The Balaban J connectivity index is 1.57. The van der Waals surface area contributed by atoms with Gasteiger partial charge < -0.3 is 19.3 Å². The Morgan fingerprint density at radius 2 is 2.12 bits per heavy atom. The zero-order valence-electron chi connectivity index (χ0n) is 18.2. The third-order valence-electron chi connectivity index (χ3n) is 6.42. The lowest BCUT2D eigenvalue weighted by atomic mass is 10.1. The second kappa shape index (κ2) is 8.94. The number of hydrogen-bond donors (Lipinski definition) is 1. The highest BCUT2D eigenvalue weighted by molar-refractivity contribution is 5.93. The molecule has 2 aromatic heterocycles. The normalized spacial score (nSPS) is 18.0. The molecule has 1 saturated heterocycles. The van der Waals surface area contributed by atoms with Gasteiger partial charge in [-0.05, 0) is 49.9 Å². The van der Waals surface area contributed by atoms with E-state index in [2.05, 4.69) is 4.98 Å². The van der Waals surface area contributed by atoms with Crippen LogP contribution in [0.3, 0.4) is 0 Å². The van der Waals surface area contributed by atoms with Gasteiger partial charge in [0.15, 0.2) is 0 Å². The molecule has 1 atom stereocenters. The summed E-state index contributed by atoms with van der Waals surface area (Å²) in [6.07, 6.45) is 7.52. The van der Waals surface area contributed by atoms with E-state index in [0.717, 1.165) is 31.4 Å². The highest BCUT2D eigenvalue weighted by atomic mass is 19.1. The van der Waals surface area contributed by atoms with E-state index in [9.17, 15) is 14.7 Å². The number of rotatable bonds is 8. The van der Waals surface area contributed by atoms with Crippen LogP contribution in [-0.2, 0) is 11.2 Å². The Hall–Kier alpha value is -3.26. The number of carboxylic acid groups (broad SMARTS) is 1. The van der Waals surface area contributed by atoms with E-state index in [0.29, 0.717) is 37.3 Å². The van der Waals surface area contributed by atoms with Crippen molar-refractivity contribution >= 4 is 22.6 Å². The largest absolute Gasteiger partial charge is 0.477 e. The fourth-order valence-corrected chi connectivity index (χ4v) is 4.55. The highest BCUT2D eigenvalue weighted by Crippen LogP contribution is 2.38. The summed E-state index contributed by atoms with van der Waals surface area (Å²) in [6, 6.07) is 8.76. The van der Waals surface area contributed by atoms with Gasteiger partial charge in [0.05, 0.1) is 17.3 Å². The minimum absolute atomic E-state index is 0.0174. The molecule has 8 heteroatoms. The number of carbonyl (C=O) groups is 1. The second-order valence-corrected chi connectivity index (χ2v) is 8.79. The third-order valence-corrected chi connectivity index (χ3v) is 6.42. The van der Waals surface area contributed by atoms with Crippen LogP contribution < -0.4 is 10.3 Å². The van der Waals surface area contributed by atoms with Gasteiger partial charge in [-0.25, -0.2) is 9.18 Å². The van der Waals surface area contributed by atoms with E-state index in [-0.39, 0.29) is 23.1 Å². The molecule has 1 saturated carbocycles. The zero-order chi connectivity index (χ0) is 22.9. The van der Waals surface area contributed by atoms with Crippen molar-refractivity contribution in [3.63, 3.8) is 0 Å². The van der Waals surface area contributed by atoms with E-state index < -0.39 is 17.2 Å². The Bertz CT molecular complexity index is 1230. The Morgan fingerprint density at radius 3 is 2.79 bits per heavy atom. The van der Waals surface area contributed by atoms with Gasteiger partial charge in [-0.3, -0.25) is 9.78 Å². The minimum atomic E-state index is -1.30. The molecule has 3 aromatic rings. The van der Waals surface area contributed by atoms with E-state index in [4.69, 9.17) is 4.74 Å². The molecule has 0 radical (unpaired) electrons. The van der Waals surface area contributed by atoms with Crippen LogP contribution in [0, 0.1) is 5.82 Å². The molecule has 3 heterocycles. The molecule has 2 aliphatic rings. The lowest BCUT2D eigenvalue weighted by molar-refractivity contribution is 0.0694. The summed E-state index contributed by atoms with van der Waals surface area (Å²) in [4.78, 5) is 30.7. The van der Waals surface area contributed by atoms with E-state index in [1.54, 1.807) is 12.3 Å². The Labute approximate surface area is 190 Å². The van der Waals surface area contributed by atoms with Crippen molar-refractivity contribution in [2.45, 2.75) is 44.2 Å². The quantitative estimate of drug-likeness (QED) is 0.561. The first-order valence-corrected chi connectivity index (χ1v) is 11.4. The van der Waals surface area contributed by atoms with Gasteiger partial charge in [0.1, 0.15) is 11.4 Å². The lowest BCUT2D eigenvalue weighted by Crippen LogP contribution is -2.35. The molecule has 7 nitrogen and oxygen atoms in total. The average molecular weight is 451 g/mol. The average Bonchev–Trinajstić information content (AvgIpc) is 3.53.